The number of carbonyl (C=O) groups excluding carboxylic acids is 2. The van der Waals surface area contributed by atoms with Crippen LogP contribution in [0.4, 0.5) is 0 Å². The Labute approximate surface area is 102 Å². The van der Waals surface area contributed by atoms with Gasteiger partial charge in [-0.15, -0.1) is 0 Å². The van der Waals surface area contributed by atoms with Crippen LogP contribution >= 0.6 is 0 Å². The number of amides is 2. The lowest BCUT2D eigenvalue weighted by Crippen LogP contribution is -2.66. The number of nitrogens with one attached hydrogen (secondary N) is 1. The van der Waals surface area contributed by atoms with E-state index in [2.05, 4.69) is 17.3 Å². The zero-order chi connectivity index (χ0) is 12.6. The molecule has 96 valence electrons. The first kappa shape index (κ1) is 12.4. The molecule has 2 rings (SSSR count). The minimum atomic E-state index is -0.751. The van der Waals surface area contributed by atoms with Gasteiger partial charge in [0.15, 0.2) is 0 Å². The van der Waals surface area contributed by atoms with Crippen LogP contribution in [-0.2, 0) is 9.59 Å². The van der Waals surface area contributed by atoms with Crippen molar-refractivity contribution in [1.29, 1.82) is 0 Å². The van der Waals surface area contributed by atoms with Gasteiger partial charge in [0, 0.05) is 6.04 Å². The van der Waals surface area contributed by atoms with E-state index in [9.17, 15) is 9.59 Å². The quantitative estimate of drug-likeness (QED) is 0.690. The Balaban J connectivity index is 2.09. The topological polar surface area (TPSA) is 52.6 Å². The van der Waals surface area contributed by atoms with Crippen molar-refractivity contribution in [2.45, 2.75) is 38.3 Å². The fourth-order valence-electron chi connectivity index (χ4n) is 2.63. The van der Waals surface area contributed by atoms with Crippen molar-refractivity contribution in [3.63, 3.8) is 0 Å². The van der Waals surface area contributed by atoms with Crippen LogP contribution in [0.1, 0.15) is 26.7 Å². The molecule has 1 N–H and O–H groups in total. The van der Waals surface area contributed by atoms with E-state index in [0.29, 0.717) is 0 Å². The molecular formula is C12H21N3O2. The van der Waals surface area contributed by atoms with Gasteiger partial charge in [-0.3, -0.25) is 9.59 Å². The Bertz CT molecular complexity index is 333. The molecule has 0 atom stereocenters. The highest BCUT2D eigenvalue weighted by molar-refractivity contribution is 5.97. The molecule has 2 aliphatic heterocycles. The Morgan fingerprint density at radius 1 is 1.24 bits per heavy atom. The number of likely N-dealkylation sites (tertiary alicyclic amines) is 1. The van der Waals surface area contributed by atoms with Gasteiger partial charge in [-0.25, -0.2) is 0 Å². The number of hydrogen-bond acceptors (Lipinski definition) is 3. The molecule has 0 aromatic carbocycles. The maximum Gasteiger partial charge on any atom is 0.248 e. The smallest absolute Gasteiger partial charge is 0.248 e. The summed E-state index contributed by atoms with van der Waals surface area (Å²) in [7, 11) is 2.09. The summed E-state index contributed by atoms with van der Waals surface area (Å²) < 4.78 is 0. The summed E-state index contributed by atoms with van der Waals surface area (Å²) in [4.78, 5) is 27.9. The van der Waals surface area contributed by atoms with Crippen molar-refractivity contribution in [1.82, 2.24) is 15.1 Å². The number of hydrogen-bond donors (Lipinski definition) is 1. The minimum absolute atomic E-state index is 0.0477. The summed E-state index contributed by atoms with van der Waals surface area (Å²) in [6, 6.07) is 0.226. The summed E-state index contributed by atoms with van der Waals surface area (Å²) >= 11 is 0. The largest absolute Gasteiger partial charge is 0.341 e. The van der Waals surface area contributed by atoms with Gasteiger partial charge in [0.1, 0.15) is 5.54 Å². The van der Waals surface area contributed by atoms with Crippen molar-refractivity contribution < 1.29 is 9.59 Å². The van der Waals surface area contributed by atoms with Crippen LogP contribution in [-0.4, -0.2) is 59.9 Å². The van der Waals surface area contributed by atoms with E-state index in [-0.39, 0.29) is 24.4 Å². The van der Waals surface area contributed by atoms with Gasteiger partial charge in [0.05, 0.1) is 6.54 Å². The summed E-state index contributed by atoms with van der Waals surface area (Å²) in [5.41, 5.74) is -0.751. The van der Waals surface area contributed by atoms with E-state index in [1.807, 2.05) is 0 Å². The van der Waals surface area contributed by atoms with Crippen LogP contribution in [0.15, 0.2) is 0 Å². The van der Waals surface area contributed by atoms with Gasteiger partial charge in [0.2, 0.25) is 11.8 Å². The number of piperazine rings is 1. The van der Waals surface area contributed by atoms with Gasteiger partial charge < -0.3 is 15.1 Å². The number of rotatable bonds is 1. The highest BCUT2D eigenvalue weighted by atomic mass is 16.2. The second-order valence-electron chi connectivity index (χ2n) is 5.64. The van der Waals surface area contributed by atoms with Crippen LogP contribution in [0.25, 0.3) is 0 Å². The molecule has 0 unspecified atom stereocenters. The Morgan fingerprint density at radius 3 is 2.41 bits per heavy atom. The standard InChI is InChI=1S/C12H21N3O2/c1-12(2)11(17)15(8-10(16)13-12)9-4-6-14(3)7-5-9/h9H,4-8H2,1-3H3,(H,13,16). The van der Waals surface area contributed by atoms with Gasteiger partial charge in [0.25, 0.3) is 0 Å². The second-order valence-corrected chi connectivity index (χ2v) is 5.64. The summed E-state index contributed by atoms with van der Waals surface area (Å²) in [5, 5.41) is 2.74. The maximum absolute atomic E-state index is 12.3. The molecule has 0 aliphatic carbocycles. The molecule has 17 heavy (non-hydrogen) atoms. The fourth-order valence-corrected chi connectivity index (χ4v) is 2.63. The third kappa shape index (κ3) is 2.44. The van der Waals surface area contributed by atoms with Crippen molar-refractivity contribution in [2.24, 2.45) is 0 Å². The fraction of sp³-hybridized carbons (Fsp3) is 0.833. The lowest BCUT2D eigenvalue weighted by molar-refractivity contribution is -0.151. The SMILES string of the molecule is CN1CCC(N2CC(=O)NC(C)(C)C2=O)CC1. The molecule has 2 fully saturated rings. The van der Waals surface area contributed by atoms with E-state index in [0.717, 1.165) is 25.9 Å². The highest BCUT2D eigenvalue weighted by Crippen LogP contribution is 2.21. The molecule has 0 bridgehead atoms. The van der Waals surface area contributed by atoms with E-state index < -0.39 is 5.54 Å². The van der Waals surface area contributed by atoms with Crippen LogP contribution in [0.2, 0.25) is 0 Å². The lowest BCUT2D eigenvalue weighted by Gasteiger charge is -2.43. The predicted octanol–water partition coefficient (Wildman–Crippen LogP) is -0.182. The number of nitrogens with zero attached hydrogens (tertiary/aromatic N) is 2. The van der Waals surface area contributed by atoms with E-state index in [4.69, 9.17) is 0 Å². The molecule has 5 nitrogen and oxygen atoms in total. The van der Waals surface area contributed by atoms with E-state index in [1.165, 1.54) is 0 Å². The van der Waals surface area contributed by atoms with Gasteiger partial charge in [-0.2, -0.15) is 0 Å². The monoisotopic (exact) mass is 239 g/mol. The van der Waals surface area contributed by atoms with Gasteiger partial charge in [-0.1, -0.05) is 0 Å². The van der Waals surface area contributed by atoms with Crippen molar-refractivity contribution >= 4 is 11.8 Å². The molecule has 0 aromatic rings. The average molecular weight is 239 g/mol. The molecule has 2 heterocycles. The van der Waals surface area contributed by atoms with Gasteiger partial charge in [-0.05, 0) is 46.8 Å². The first-order valence-corrected chi connectivity index (χ1v) is 6.21. The molecule has 0 saturated carbocycles. The van der Waals surface area contributed by atoms with Crippen molar-refractivity contribution in [3.05, 3.63) is 0 Å². The Hall–Kier alpha value is -1.10. The molecule has 0 spiro atoms. The maximum atomic E-state index is 12.3. The summed E-state index contributed by atoms with van der Waals surface area (Å²) in [6.07, 6.45) is 1.93. The van der Waals surface area contributed by atoms with Gasteiger partial charge >= 0.3 is 0 Å². The molecule has 5 heteroatoms. The van der Waals surface area contributed by atoms with Crippen LogP contribution in [0.3, 0.4) is 0 Å². The molecule has 0 radical (unpaired) electrons. The third-order valence-corrected chi connectivity index (χ3v) is 3.69. The first-order chi connectivity index (χ1) is 7.90. The minimum Gasteiger partial charge on any atom is -0.341 e. The third-order valence-electron chi connectivity index (χ3n) is 3.69. The normalized spacial score (nSPS) is 27.1. The van der Waals surface area contributed by atoms with Crippen molar-refractivity contribution in [2.75, 3.05) is 26.7 Å². The molecule has 0 aromatic heterocycles. The Kier molecular flexibility index (Phi) is 3.12. The lowest BCUT2D eigenvalue weighted by atomic mass is 9.95. The molecular weight excluding hydrogens is 218 g/mol. The predicted molar refractivity (Wildman–Crippen MR) is 64.5 cm³/mol. The average Bonchev–Trinajstić information content (AvgIpc) is 2.24. The summed E-state index contributed by atoms with van der Waals surface area (Å²) in [5.74, 6) is 0.000168. The zero-order valence-corrected chi connectivity index (χ0v) is 10.8. The van der Waals surface area contributed by atoms with Crippen molar-refractivity contribution in [3.8, 4) is 0 Å². The van der Waals surface area contributed by atoms with Crippen LogP contribution in [0.5, 0.6) is 0 Å². The summed E-state index contributed by atoms with van der Waals surface area (Å²) in [6.45, 7) is 5.76. The number of piperidine rings is 1. The van der Waals surface area contributed by atoms with E-state index in [1.54, 1.807) is 18.7 Å². The van der Waals surface area contributed by atoms with E-state index >= 15 is 0 Å². The highest BCUT2D eigenvalue weighted by Gasteiger charge is 2.42. The van der Waals surface area contributed by atoms with Crippen LogP contribution < -0.4 is 5.32 Å². The molecule has 2 aliphatic rings. The first-order valence-electron chi connectivity index (χ1n) is 6.21. The second kappa shape index (κ2) is 4.29. The Morgan fingerprint density at radius 2 is 1.82 bits per heavy atom. The molecule has 2 amide bonds. The number of carbonyl (C=O) groups is 2. The van der Waals surface area contributed by atoms with Crippen LogP contribution in [0, 0.1) is 0 Å². The molecule has 2 saturated heterocycles. The zero-order valence-electron chi connectivity index (χ0n) is 10.8.